The van der Waals surface area contributed by atoms with Gasteiger partial charge in [0.25, 0.3) is 10.0 Å². The predicted molar refractivity (Wildman–Crippen MR) is 85.1 cm³/mol. The van der Waals surface area contributed by atoms with E-state index in [-0.39, 0.29) is 0 Å². The molecule has 0 atom stereocenters. The lowest BCUT2D eigenvalue weighted by molar-refractivity contribution is 0.171. The molecule has 0 saturated heterocycles. The van der Waals surface area contributed by atoms with Crippen molar-refractivity contribution >= 4 is 21.4 Å². The van der Waals surface area contributed by atoms with Crippen LogP contribution in [0.3, 0.4) is 0 Å². The Morgan fingerprint density at radius 1 is 1.14 bits per heavy atom. The fourth-order valence-electron chi connectivity index (χ4n) is 2.29. The number of rotatable bonds is 4. The average molecular weight is 339 g/mol. The molecule has 1 aliphatic rings. The van der Waals surface area contributed by atoms with Crippen molar-refractivity contribution in [2.24, 2.45) is 0 Å². The molecule has 5 nitrogen and oxygen atoms in total. The summed E-state index contributed by atoms with van der Waals surface area (Å²) in [5, 5.41) is 1.74. The van der Waals surface area contributed by atoms with Crippen LogP contribution in [0.2, 0.25) is 0 Å². The summed E-state index contributed by atoms with van der Waals surface area (Å²) >= 11 is 1.19. The van der Waals surface area contributed by atoms with Crippen LogP contribution in [-0.2, 0) is 15.6 Å². The zero-order valence-electron chi connectivity index (χ0n) is 12.3. The van der Waals surface area contributed by atoms with Gasteiger partial charge in [0.2, 0.25) is 0 Å². The summed E-state index contributed by atoms with van der Waals surface area (Å²) in [4.78, 5) is 0. The third-order valence-electron chi connectivity index (χ3n) is 3.41. The summed E-state index contributed by atoms with van der Waals surface area (Å²) in [7, 11) is -3.55. The first kappa shape index (κ1) is 15.3. The van der Waals surface area contributed by atoms with E-state index in [1.807, 2.05) is 32.0 Å². The number of hydrogen-bond donors (Lipinski definition) is 1. The zero-order chi connectivity index (χ0) is 15.8. The van der Waals surface area contributed by atoms with Crippen molar-refractivity contribution in [2.45, 2.75) is 23.6 Å². The summed E-state index contributed by atoms with van der Waals surface area (Å²) in [6.45, 7) is 4.67. The number of benzene rings is 1. The molecule has 0 radical (unpaired) electrons. The molecule has 0 spiro atoms. The summed E-state index contributed by atoms with van der Waals surface area (Å²) in [6.07, 6.45) is 0. The van der Waals surface area contributed by atoms with E-state index in [4.69, 9.17) is 9.47 Å². The monoisotopic (exact) mass is 339 g/mol. The van der Waals surface area contributed by atoms with E-state index in [0.29, 0.717) is 28.9 Å². The van der Waals surface area contributed by atoms with Crippen molar-refractivity contribution in [3.05, 3.63) is 41.3 Å². The Balaban J connectivity index is 1.90. The second-order valence-corrected chi connectivity index (χ2v) is 8.38. The Morgan fingerprint density at radius 3 is 2.55 bits per heavy atom. The van der Waals surface area contributed by atoms with Crippen LogP contribution in [0.5, 0.6) is 11.5 Å². The molecule has 1 aromatic heterocycles. The molecule has 22 heavy (non-hydrogen) atoms. The van der Waals surface area contributed by atoms with Gasteiger partial charge >= 0.3 is 0 Å². The number of hydrogen-bond acceptors (Lipinski definition) is 5. The maximum Gasteiger partial charge on any atom is 0.250 e. The predicted octanol–water partition coefficient (Wildman–Crippen LogP) is 2.73. The van der Waals surface area contributed by atoms with Gasteiger partial charge in [-0.25, -0.2) is 13.1 Å². The lowest BCUT2D eigenvalue weighted by atomic mass is 9.95. The zero-order valence-corrected chi connectivity index (χ0v) is 14.0. The van der Waals surface area contributed by atoms with Crippen molar-refractivity contribution in [1.29, 1.82) is 0 Å². The van der Waals surface area contributed by atoms with Gasteiger partial charge in [0.05, 0.1) is 5.54 Å². The second-order valence-electron chi connectivity index (χ2n) is 5.52. The van der Waals surface area contributed by atoms with Crippen molar-refractivity contribution in [1.82, 2.24) is 4.72 Å². The molecule has 0 amide bonds. The first-order chi connectivity index (χ1) is 10.4. The van der Waals surface area contributed by atoms with Gasteiger partial charge in [-0.1, -0.05) is 12.1 Å². The molecular formula is C15H17NO4S2. The van der Waals surface area contributed by atoms with E-state index in [1.54, 1.807) is 17.5 Å². The number of ether oxygens (including phenoxy) is 2. The van der Waals surface area contributed by atoms with E-state index in [1.165, 1.54) is 11.3 Å². The van der Waals surface area contributed by atoms with E-state index in [0.717, 1.165) is 5.56 Å². The second kappa shape index (κ2) is 5.57. The van der Waals surface area contributed by atoms with Gasteiger partial charge in [0.15, 0.2) is 11.5 Å². The molecule has 2 heterocycles. The minimum absolute atomic E-state index is 0.304. The lowest BCUT2D eigenvalue weighted by Gasteiger charge is -2.28. The summed E-state index contributed by atoms with van der Waals surface area (Å²) in [5.74, 6) is 1.33. The van der Waals surface area contributed by atoms with Crippen molar-refractivity contribution < 1.29 is 17.9 Å². The molecule has 0 unspecified atom stereocenters. The van der Waals surface area contributed by atoms with Gasteiger partial charge in [-0.15, -0.1) is 11.3 Å². The maximum absolute atomic E-state index is 12.4. The van der Waals surface area contributed by atoms with Crippen LogP contribution in [0.25, 0.3) is 0 Å². The molecule has 118 valence electrons. The van der Waals surface area contributed by atoms with Gasteiger partial charge in [-0.05, 0) is 43.0 Å². The quantitative estimate of drug-likeness (QED) is 0.930. The molecule has 3 rings (SSSR count). The minimum Gasteiger partial charge on any atom is -0.486 e. The highest BCUT2D eigenvalue weighted by atomic mass is 32.2. The van der Waals surface area contributed by atoms with Crippen LogP contribution in [0, 0.1) is 0 Å². The van der Waals surface area contributed by atoms with Gasteiger partial charge in [-0.3, -0.25) is 0 Å². The number of sulfonamides is 1. The van der Waals surface area contributed by atoms with Gasteiger partial charge in [0.1, 0.15) is 17.4 Å². The van der Waals surface area contributed by atoms with E-state index in [2.05, 4.69) is 4.72 Å². The van der Waals surface area contributed by atoms with E-state index in [9.17, 15) is 8.42 Å². The number of thiophene rings is 1. The molecule has 7 heteroatoms. The third-order valence-corrected chi connectivity index (χ3v) is 6.47. The fourth-order valence-corrected chi connectivity index (χ4v) is 4.69. The molecule has 1 aromatic carbocycles. The van der Waals surface area contributed by atoms with Crippen LogP contribution >= 0.6 is 11.3 Å². The Morgan fingerprint density at radius 2 is 1.86 bits per heavy atom. The standard InChI is InChI=1S/C15H17NO4S2/c1-15(2,16-22(17,18)14-4-3-9-21-14)11-5-6-12-13(10-11)20-8-7-19-12/h3-6,9-10,16H,7-8H2,1-2H3. The molecule has 0 bridgehead atoms. The molecular weight excluding hydrogens is 322 g/mol. The van der Waals surface area contributed by atoms with Crippen molar-refractivity contribution in [2.75, 3.05) is 13.2 Å². The lowest BCUT2D eigenvalue weighted by Crippen LogP contribution is -2.40. The largest absolute Gasteiger partial charge is 0.486 e. The normalized spacial score (nSPS) is 14.8. The van der Waals surface area contributed by atoms with E-state index >= 15 is 0 Å². The van der Waals surface area contributed by atoms with Crippen LogP contribution in [0.15, 0.2) is 39.9 Å². The summed E-state index contributed by atoms with van der Waals surface area (Å²) < 4.78 is 38.9. The average Bonchev–Trinajstić information content (AvgIpc) is 3.01. The van der Waals surface area contributed by atoms with Crippen LogP contribution < -0.4 is 14.2 Å². The Hall–Kier alpha value is -1.57. The highest BCUT2D eigenvalue weighted by molar-refractivity contribution is 7.91. The molecule has 0 fully saturated rings. The molecule has 1 N–H and O–H groups in total. The smallest absolute Gasteiger partial charge is 0.250 e. The van der Waals surface area contributed by atoms with Crippen LogP contribution in [0.4, 0.5) is 0 Å². The van der Waals surface area contributed by atoms with Gasteiger partial charge in [0, 0.05) is 0 Å². The Kier molecular flexibility index (Phi) is 3.88. The third kappa shape index (κ3) is 2.97. The highest BCUT2D eigenvalue weighted by Gasteiger charge is 2.29. The molecule has 0 saturated carbocycles. The van der Waals surface area contributed by atoms with Crippen molar-refractivity contribution in [3.63, 3.8) is 0 Å². The fraction of sp³-hybridized carbons (Fsp3) is 0.333. The van der Waals surface area contributed by atoms with E-state index < -0.39 is 15.6 Å². The number of fused-ring (bicyclic) bond motifs is 1. The Labute approximate surface area is 133 Å². The summed E-state index contributed by atoms with van der Waals surface area (Å²) in [5.41, 5.74) is 0.0513. The first-order valence-corrected chi connectivity index (χ1v) is 9.22. The van der Waals surface area contributed by atoms with Crippen molar-refractivity contribution in [3.8, 4) is 11.5 Å². The van der Waals surface area contributed by atoms with Crippen LogP contribution in [-0.4, -0.2) is 21.6 Å². The first-order valence-electron chi connectivity index (χ1n) is 6.86. The minimum atomic E-state index is -3.55. The van der Waals surface area contributed by atoms with Gasteiger partial charge in [-0.2, -0.15) is 0 Å². The van der Waals surface area contributed by atoms with Gasteiger partial charge < -0.3 is 9.47 Å². The maximum atomic E-state index is 12.4. The Bertz CT molecular complexity index is 767. The molecule has 2 aromatic rings. The summed E-state index contributed by atoms with van der Waals surface area (Å²) in [6, 6.07) is 8.80. The number of nitrogens with one attached hydrogen (secondary N) is 1. The highest BCUT2D eigenvalue weighted by Crippen LogP contribution is 2.35. The SMILES string of the molecule is CC(C)(NS(=O)(=O)c1cccs1)c1ccc2c(c1)OCCO2. The van der Waals surface area contributed by atoms with Crippen LogP contribution in [0.1, 0.15) is 19.4 Å². The topological polar surface area (TPSA) is 64.6 Å². The molecule has 1 aliphatic heterocycles. The molecule has 0 aliphatic carbocycles.